The largest absolute Gasteiger partial charge is 0.369 e. The van der Waals surface area contributed by atoms with Gasteiger partial charge in [-0.1, -0.05) is 25.5 Å². The number of carbonyl (C=O) groups is 2. The van der Waals surface area contributed by atoms with E-state index in [0.717, 1.165) is 12.8 Å². The molecule has 120 valence electrons. The number of carbonyl (C=O) groups excluding carboxylic acids is 2. The summed E-state index contributed by atoms with van der Waals surface area (Å²) < 4.78 is 0. The number of unbranched alkanes of at least 4 members (excludes halogenated alkanes) is 1. The van der Waals surface area contributed by atoms with Gasteiger partial charge in [-0.2, -0.15) is 0 Å². The maximum absolute atomic E-state index is 12.0. The van der Waals surface area contributed by atoms with E-state index in [0.29, 0.717) is 6.54 Å². The van der Waals surface area contributed by atoms with Crippen LogP contribution in [0.3, 0.4) is 0 Å². The number of hydrogen-bond donors (Lipinski definition) is 2. The number of nitro groups is 1. The van der Waals surface area contributed by atoms with Crippen LogP contribution in [0.25, 0.3) is 0 Å². The van der Waals surface area contributed by atoms with Crippen molar-refractivity contribution in [2.75, 3.05) is 25.0 Å². The average Bonchev–Trinajstić information content (AvgIpc) is 2.44. The van der Waals surface area contributed by atoms with E-state index in [2.05, 4.69) is 5.32 Å². The van der Waals surface area contributed by atoms with E-state index in [1.807, 2.05) is 6.92 Å². The second-order valence-corrected chi connectivity index (χ2v) is 4.85. The molecule has 0 spiro atoms. The van der Waals surface area contributed by atoms with Crippen molar-refractivity contribution in [1.82, 2.24) is 4.90 Å². The van der Waals surface area contributed by atoms with Gasteiger partial charge in [0.2, 0.25) is 11.8 Å². The molecule has 22 heavy (non-hydrogen) atoms. The standard InChI is InChI=1S/C14H20N4O4/c1-2-3-8-17(9-13(15)19)10-14(20)16-11-6-4-5-7-12(11)18(21)22/h4-7H,2-3,8-10H2,1H3,(H2,15,19)(H,16,20). The Balaban J connectivity index is 2.70. The van der Waals surface area contributed by atoms with Gasteiger partial charge in [-0.3, -0.25) is 24.6 Å². The summed E-state index contributed by atoms with van der Waals surface area (Å²) >= 11 is 0. The number of nitrogens with two attached hydrogens (primary N) is 1. The van der Waals surface area contributed by atoms with Gasteiger partial charge in [0.1, 0.15) is 5.69 Å². The molecule has 0 aromatic heterocycles. The van der Waals surface area contributed by atoms with Crippen LogP contribution in [0.15, 0.2) is 24.3 Å². The van der Waals surface area contributed by atoms with Gasteiger partial charge in [0.25, 0.3) is 5.69 Å². The van der Waals surface area contributed by atoms with Crippen molar-refractivity contribution in [1.29, 1.82) is 0 Å². The minimum atomic E-state index is -0.562. The zero-order chi connectivity index (χ0) is 16.5. The number of anilines is 1. The van der Waals surface area contributed by atoms with E-state index >= 15 is 0 Å². The lowest BCUT2D eigenvalue weighted by atomic mass is 10.2. The third kappa shape index (κ3) is 5.88. The highest BCUT2D eigenvalue weighted by Crippen LogP contribution is 2.22. The van der Waals surface area contributed by atoms with Gasteiger partial charge in [-0.25, -0.2) is 0 Å². The molecule has 1 rings (SSSR count). The highest BCUT2D eigenvalue weighted by molar-refractivity contribution is 5.94. The molecule has 1 aromatic rings. The highest BCUT2D eigenvalue weighted by Gasteiger charge is 2.17. The lowest BCUT2D eigenvalue weighted by molar-refractivity contribution is -0.383. The van der Waals surface area contributed by atoms with Crippen LogP contribution in [0.1, 0.15) is 19.8 Å². The predicted molar refractivity (Wildman–Crippen MR) is 82.3 cm³/mol. The molecule has 0 saturated heterocycles. The molecule has 0 saturated carbocycles. The van der Waals surface area contributed by atoms with Gasteiger partial charge in [-0.05, 0) is 19.0 Å². The Bertz CT molecular complexity index is 547. The molecular formula is C14H20N4O4. The number of para-hydroxylation sites is 2. The molecule has 0 fully saturated rings. The lowest BCUT2D eigenvalue weighted by Gasteiger charge is -2.19. The van der Waals surface area contributed by atoms with E-state index in [4.69, 9.17) is 5.73 Å². The third-order valence-corrected chi connectivity index (χ3v) is 2.95. The maximum atomic E-state index is 12.0. The van der Waals surface area contributed by atoms with Gasteiger partial charge in [0, 0.05) is 6.07 Å². The van der Waals surface area contributed by atoms with Crippen LogP contribution in [0.5, 0.6) is 0 Å². The summed E-state index contributed by atoms with van der Waals surface area (Å²) in [5.41, 5.74) is 5.11. The molecular weight excluding hydrogens is 288 g/mol. The maximum Gasteiger partial charge on any atom is 0.292 e. The Kier molecular flexibility index (Phi) is 6.97. The Labute approximate surface area is 128 Å². The van der Waals surface area contributed by atoms with E-state index in [-0.39, 0.29) is 24.5 Å². The molecule has 0 aliphatic carbocycles. The fraction of sp³-hybridized carbons (Fsp3) is 0.429. The number of nitro benzene ring substituents is 1. The van der Waals surface area contributed by atoms with Crippen molar-refractivity contribution in [3.63, 3.8) is 0 Å². The van der Waals surface area contributed by atoms with Crippen LogP contribution in [-0.2, 0) is 9.59 Å². The van der Waals surface area contributed by atoms with E-state index in [1.54, 1.807) is 11.0 Å². The number of amides is 2. The van der Waals surface area contributed by atoms with Crippen LogP contribution in [-0.4, -0.2) is 41.3 Å². The van der Waals surface area contributed by atoms with E-state index in [9.17, 15) is 19.7 Å². The molecule has 0 heterocycles. The lowest BCUT2D eigenvalue weighted by Crippen LogP contribution is -2.39. The summed E-state index contributed by atoms with van der Waals surface area (Å²) in [7, 11) is 0. The summed E-state index contributed by atoms with van der Waals surface area (Å²) in [6, 6.07) is 5.89. The summed E-state index contributed by atoms with van der Waals surface area (Å²) in [6.07, 6.45) is 1.74. The van der Waals surface area contributed by atoms with Crippen molar-refractivity contribution in [3.8, 4) is 0 Å². The fourth-order valence-corrected chi connectivity index (χ4v) is 1.95. The van der Waals surface area contributed by atoms with E-state index < -0.39 is 16.7 Å². The average molecular weight is 308 g/mol. The summed E-state index contributed by atoms with van der Waals surface area (Å²) in [5, 5.41) is 13.4. The Morgan fingerprint density at radius 3 is 2.59 bits per heavy atom. The van der Waals surface area contributed by atoms with Crippen molar-refractivity contribution < 1.29 is 14.5 Å². The van der Waals surface area contributed by atoms with Crippen LogP contribution in [0, 0.1) is 10.1 Å². The van der Waals surface area contributed by atoms with Crippen molar-refractivity contribution in [3.05, 3.63) is 34.4 Å². The third-order valence-electron chi connectivity index (χ3n) is 2.95. The minimum Gasteiger partial charge on any atom is -0.369 e. The fourth-order valence-electron chi connectivity index (χ4n) is 1.95. The smallest absolute Gasteiger partial charge is 0.292 e. The Hall–Kier alpha value is -2.48. The monoisotopic (exact) mass is 308 g/mol. The molecule has 3 N–H and O–H groups in total. The van der Waals surface area contributed by atoms with E-state index in [1.165, 1.54) is 18.2 Å². The number of rotatable bonds is 9. The highest BCUT2D eigenvalue weighted by atomic mass is 16.6. The first-order valence-electron chi connectivity index (χ1n) is 6.98. The molecule has 0 radical (unpaired) electrons. The molecule has 8 nitrogen and oxygen atoms in total. The predicted octanol–water partition coefficient (Wildman–Crippen LogP) is 1.12. The Morgan fingerprint density at radius 2 is 2.00 bits per heavy atom. The minimum absolute atomic E-state index is 0.0235. The first kappa shape index (κ1) is 17.6. The summed E-state index contributed by atoms with van der Waals surface area (Å²) in [4.78, 5) is 35.0. The molecule has 0 atom stereocenters. The number of primary amides is 1. The molecule has 0 bridgehead atoms. The van der Waals surface area contributed by atoms with Gasteiger partial charge in [0.15, 0.2) is 0 Å². The number of hydrogen-bond acceptors (Lipinski definition) is 5. The van der Waals surface area contributed by atoms with Crippen molar-refractivity contribution >= 4 is 23.2 Å². The molecule has 1 aromatic carbocycles. The Morgan fingerprint density at radius 1 is 1.32 bits per heavy atom. The second-order valence-electron chi connectivity index (χ2n) is 4.85. The summed E-state index contributed by atoms with van der Waals surface area (Å²) in [6.45, 7) is 2.49. The van der Waals surface area contributed by atoms with Crippen LogP contribution >= 0.6 is 0 Å². The van der Waals surface area contributed by atoms with Gasteiger partial charge < -0.3 is 11.1 Å². The molecule has 0 unspecified atom stereocenters. The number of nitrogens with zero attached hydrogens (tertiary/aromatic N) is 2. The van der Waals surface area contributed by atoms with Crippen LogP contribution in [0.4, 0.5) is 11.4 Å². The van der Waals surface area contributed by atoms with Gasteiger partial charge in [-0.15, -0.1) is 0 Å². The van der Waals surface area contributed by atoms with Gasteiger partial charge >= 0.3 is 0 Å². The molecule has 2 amide bonds. The SMILES string of the molecule is CCCCN(CC(N)=O)CC(=O)Nc1ccccc1[N+](=O)[O-]. The quantitative estimate of drug-likeness (QED) is 0.523. The van der Waals surface area contributed by atoms with Crippen LogP contribution in [0.2, 0.25) is 0 Å². The number of nitrogens with one attached hydrogen (secondary N) is 1. The van der Waals surface area contributed by atoms with Crippen LogP contribution < -0.4 is 11.1 Å². The topological polar surface area (TPSA) is 119 Å². The zero-order valence-electron chi connectivity index (χ0n) is 12.4. The molecule has 0 aliphatic heterocycles. The van der Waals surface area contributed by atoms with Crippen molar-refractivity contribution in [2.45, 2.75) is 19.8 Å². The number of benzene rings is 1. The van der Waals surface area contributed by atoms with Crippen molar-refractivity contribution in [2.24, 2.45) is 5.73 Å². The van der Waals surface area contributed by atoms with Gasteiger partial charge in [0.05, 0.1) is 18.0 Å². The normalized spacial score (nSPS) is 10.5. The molecule has 0 aliphatic rings. The first-order valence-corrected chi connectivity index (χ1v) is 6.98. The zero-order valence-corrected chi connectivity index (χ0v) is 12.4. The first-order chi connectivity index (χ1) is 10.4. The molecule has 8 heteroatoms. The summed E-state index contributed by atoms with van der Waals surface area (Å²) in [5.74, 6) is -0.943. The second kappa shape index (κ2) is 8.73.